The van der Waals surface area contributed by atoms with Gasteiger partial charge in [-0.15, -0.1) is 0 Å². The Kier molecular flexibility index (Phi) is 6.17. The fourth-order valence-electron chi connectivity index (χ4n) is 1.70. The molecule has 0 saturated heterocycles. The molecule has 20 heavy (non-hydrogen) atoms. The van der Waals surface area contributed by atoms with E-state index in [0.717, 1.165) is 0 Å². The van der Waals surface area contributed by atoms with Gasteiger partial charge in [-0.05, 0) is 25.1 Å². The van der Waals surface area contributed by atoms with Gasteiger partial charge in [-0.3, -0.25) is 4.79 Å². The predicted molar refractivity (Wildman–Crippen MR) is 68.3 cm³/mol. The van der Waals surface area contributed by atoms with Crippen molar-refractivity contribution in [2.75, 3.05) is 26.8 Å². The largest absolute Gasteiger partial charge is 0.493 e. The fraction of sp³-hybridized carbons (Fsp3) is 0.462. The molecule has 5 nitrogen and oxygen atoms in total. The number of nitrogens with zero attached hydrogens (tertiary/aromatic N) is 1. The number of amides is 1. The molecule has 0 unspecified atom stereocenters. The molecule has 0 aliphatic rings. The van der Waals surface area contributed by atoms with Crippen LogP contribution in [0.1, 0.15) is 17.3 Å². The van der Waals surface area contributed by atoms with Crippen LogP contribution in [0.25, 0.3) is 0 Å². The van der Waals surface area contributed by atoms with E-state index < -0.39 is 6.61 Å². The van der Waals surface area contributed by atoms with E-state index >= 15 is 0 Å². The SMILES string of the molecule is CCN(CCO)C(=O)c1ccc(OC(F)F)c(OC)c1. The summed E-state index contributed by atoms with van der Waals surface area (Å²) in [6, 6.07) is 3.97. The van der Waals surface area contributed by atoms with E-state index in [0.29, 0.717) is 6.54 Å². The summed E-state index contributed by atoms with van der Waals surface area (Å²) in [5.74, 6) is -0.399. The Hall–Kier alpha value is -1.89. The molecule has 1 N–H and O–H groups in total. The van der Waals surface area contributed by atoms with Crippen LogP contribution in [-0.4, -0.2) is 49.3 Å². The highest BCUT2D eigenvalue weighted by atomic mass is 19.3. The van der Waals surface area contributed by atoms with E-state index in [-0.39, 0.29) is 36.1 Å². The molecule has 1 amide bonds. The third-order valence-corrected chi connectivity index (χ3v) is 2.67. The first-order valence-electron chi connectivity index (χ1n) is 6.06. The summed E-state index contributed by atoms with van der Waals surface area (Å²) in [4.78, 5) is 13.6. The Labute approximate surface area is 115 Å². The molecule has 0 atom stereocenters. The number of carbonyl (C=O) groups is 1. The topological polar surface area (TPSA) is 59.0 Å². The molecule has 0 heterocycles. The van der Waals surface area contributed by atoms with Gasteiger partial charge in [0.2, 0.25) is 0 Å². The Morgan fingerprint density at radius 2 is 2.10 bits per heavy atom. The summed E-state index contributed by atoms with van der Waals surface area (Å²) in [6.45, 7) is -0.710. The van der Waals surface area contributed by atoms with E-state index in [2.05, 4.69) is 4.74 Å². The number of aliphatic hydroxyl groups is 1. The second kappa shape index (κ2) is 7.64. The number of rotatable bonds is 7. The van der Waals surface area contributed by atoms with Crippen LogP contribution in [-0.2, 0) is 0 Å². The molecule has 112 valence electrons. The first kappa shape index (κ1) is 16.2. The molecule has 0 spiro atoms. The lowest BCUT2D eigenvalue weighted by Gasteiger charge is -2.20. The molecule has 1 rings (SSSR count). The quantitative estimate of drug-likeness (QED) is 0.831. The zero-order chi connectivity index (χ0) is 15.1. The van der Waals surface area contributed by atoms with Crippen molar-refractivity contribution in [1.29, 1.82) is 0 Å². The predicted octanol–water partition coefficient (Wildman–Crippen LogP) is 1.75. The summed E-state index contributed by atoms with van der Waals surface area (Å²) in [7, 11) is 1.30. The standard InChI is InChI=1S/C13H17F2NO4/c1-3-16(6-7-17)12(18)9-4-5-10(20-13(14)15)11(8-9)19-2/h4-5,8,13,17H,3,6-7H2,1-2H3. The van der Waals surface area contributed by atoms with Crippen LogP contribution in [0.5, 0.6) is 11.5 Å². The molecular formula is C13H17F2NO4. The normalized spacial score (nSPS) is 10.5. The van der Waals surface area contributed by atoms with Gasteiger partial charge < -0.3 is 19.5 Å². The maximum absolute atomic E-state index is 12.2. The van der Waals surface area contributed by atoms with Gasteiger partial charge in [-0.1, -0.05) is 0 Å². The van der Waals surface area contributed by atoms with E-state index in [1.807, 2.05) is 0 Å². The number of ether oxygens (including phenoxy) is 2. The molecule has 0 bridgehead atoms. The lowest BCUT2D eigenvalue weighted by molar-refractivity contribution is -0.0512. The minimum Gasteiger partial charge on any atom is -0.493 e. The van der Waals surface area contributed by atoms with Crippen molar-refractivity contribution >= 4 is 5.91 Å². The average molecular weight is 289 g/mol. The maximum Gasteiger partial charge on any atom is 0.387 e. The first-order valence-corrected chi connectivity index (χ1v) is 6.06. The molecule has 0 aliphatic heterocycles. The molecule has 0 aromatic heterocycles. The van der Waals surface area contributed by atoms with E-state index in [1.165, 1.54) is 30.2 Å². The lowest BCUT2D eigenvalue weighted by atomic mass is 10.1. The second-order valence-electron chi connectivity index (χ2n) is 3.85. The van der Waals surface area contributed by atoms with E-state index in [9.17, 15) is 13.6 Å². The van der Waals surface area contributed by atoms with Crippen LogP contribution in [0.2, 0.25) is 0 Å². The minimum absolute atomic E-state index is 0.0520. The number of hydrogen-bond donors (Lipinski definition) is 1. The number of alkyl halides is 2. The third-order valence-electron chi connectivity index (χ3n) is 2.67. The van der Waals surface area contributed by atoms with Crippen molar-refractivity contribution in [3.05, 3.63) is 23.8 Å². The molecule has 0 radical (unpaired) electrons. The van der Waals surface area contributed by atoms with Gasteiger partial charge in [0.25, 0.3) is 5.91 Å². The number of methoxy groups -OCH3 is 1. The van der Waals surface area contributed by atoms with Crippen LogP contribution < -0.4 is 9.47 Å². The summed E-state index contributed by atoms with van der Waals surface area (Å²) in [6.07, 6.45) is 0. The molecule has 7 heteroatoms. The Balaban J connectivity index is 2.99. The number of hydrogen-bond acceptors (Lipinski definition) is 4. The number of carbonyl (C=O) groups excluding carboxylic acids is 1. The number of halogens is 2. The van der Waals surface area contributed by atoms with Crippen molar-refractivity contribution in [1.82, 2.24) is 4.90 Å². The van der Waals surface area contributed by atoms with Crippen LogP contribution in [0.15, 0.2) is 18.2 Å². The van der Waals surface area contributed by atoms with Crippen LogP contribution in [0, 0.1) is 0 Å². The zero-order valence-corrected chi connectivity index (χ0v) is 11.3. The summed E-state index contributed by atoms with van der Waals surface area (Å²) in [5.41, 5.74) is 0.277. The van der Waals surface area contributed by atoms with Crippen LogP contribution in [0.4, 0.5) is 8.78 Å². The first-order chi connectivity index (χ1) is 9.53. The zero-order valence-electron chi connectivity index (χ0n) is 11.3. The van der Waals surface area contributed by atoms with Crippen LogP contribution in [0.3, 0.4) is 0 Å². The van der Waals surface area contributed by atoms with Gasteiger partial charge in [-0.25, -0.2) is 0 Å². The third kappa shape index (κ3) is 4.06. The fourth-order valence-corrected chi connectivity index (χ4v) is 1.70. The summed E-state index contributed by atoms with van der Waals surface area (Å²) in [5, 5.41) is 8.89. The average Bonchev–Trinajstić information content (AvgIpc) is 2.43. The Morgan fingerprint density at radius 1 is 1.40 bits per heavy atom. The van der Waals surface area contributed by atoms with E-state index in [4.69, 9.17) is 9.84 Å². The van der Waals surface area contributed by atoms with Gasteiger partial charge in [0.1, 0.15) is 0 Å². The van der Waals surface area contributed by atoms with Gasteiger partial charge in [0.15, 0.2) is 11.5 Å². The second-order valence-corrected chi connectivity index (χ2v) is 3.85. The Bertz CT molecular complexity index is 454. The van der Waals surface area contributed by atoms with Gasteiger partial charge >= 0.3 is 6.61 Å². The molecule has 0 aliphatic carbocycles. The van der Waals surface area contributed by atoms with Crippen molar-refractivity contribution in [3.63, 3.8) is 0 Å². The highest BCUT2D eigenvalue weighted by molar-refractivity contribution is 5.94. The van der Waals surface area contributed by atoms with Gasteiger partial charge in [0.05, 0.1) is 13.7 Å². The van der Waals surface area contributed by atoms with Crippen molar-refractivity contribution in [3.8, 4) is 11.5 Å². The molecule has 1 aromatic carbocycles. The van der Waals surface area contributed by atoms with Crippen molar-refractivity contribution in [2.45, 2.75) is 13.5 Å². The van der Waals surface area contributed by atoms with Crippen LogP contribution >= 0.6 is 0 Å². The van der Waals surface area contributed by atoms with Gasteiger partial charge in [0, 0.05) is 18.7 Å². The number of benzene rings is 1. The Morgan fingerprint density at radius 3 is 2.60 bits per heavy atom. The maximum atomic E-state index is 12.2. The summed E-state index contributed by atoms with van der Waals surface area (Å²) < 4.78 is 33.6. The molecule has 0 fully saturated rings. The minimum atomic E-state index is -2.97. The monoisotopic (exact) mass is 289 g/mol. The van der Waals surface area contributed by atoms with E-state index in [1.54, 1.807) is 6.92 Å². The molecule has 1 aromatic rings. The number of likely N-dealkylation sites (N-methyl/N-ethyl adjacent to an activating group) is 1. The number of aliphatic hydroxyl groups excluding tert-OH is 1. The highest BCUT2D eigenvalue weighted by Crippen LogP contribution is 2.29. The molecule has 0 saturated carbocycles. The molecular weight excluding hydrogens is 272 g/mol. The highest BCUT2D eigenvalue weighted by Gasteiger charge is 2.17. The van der Waals surface area contributed by atoms with Crippen molar-refractivity contribution < 1.29 is 28.2 Å². The summed E-state index contributed by atoms with van der Waals surface area (Å²) >= 11 is 0. The lowest BCUT2D eigenvalue weighted by Crippen LogP contribution is -2.33. The van der Waals surface area contributed by atoms with Gasteiger partial charge in [-0.2, -0.15) is 8.78 Å². The smallest absolute Gasteiger partial charge is 0.387 e. The van der Waals surface area contributed by atoms with Crippen molar-refractivity contribution in [2.24, 2.45) is 0 Å².